The highest BCUT2D eigenvalue weighted by Gasteiger charge is 2.21. The van der Waals surface area contributed by atoms with Crippen LogP contribution in [0.1, 0.15) is 5.56 Å². The fourth-order valence-electron chi connectivity index (χ4n) is 3.16. The minimum atomic E-state index is 0.524. The Labute approximate surface area is 155 Å². The van der Waals surface area contributed by atoms with Gasteiger partial charge in [0.1, 0.15) is 11.2 Å². The van der Waals surface area contributed by atoms with Crippen LogP contribution in [-0.4, -0.2) is 20.0 Å². The Hall–Kier alpha value is -3.73. The lowest BCUT2D eigenvalue weighted by Crippen LogP contribution is -2.04. The van der Waals surface area contributed by atoms with Crippen LogP contribution in [0.4, 0.5) is 0 Å². The summed E-state index contributed by atoms with van der Waals surface area (Å²) in [5.41, 5.74) is 5.23. The van der Waals surface area contributed by atoms with Gasteiger partial charge in [0.05, 0.1) is 6.54 Å². The number of aromatic nitrogens is 4. The predicted octanol–water partition coefficient (Wildman–Crippen LogP) is 4.80. The molecule has 5 aromatic rings. The molecule has 27 heavy (non-hydrogen) atoms. The Morgan fingerprint density at radius 3 is 2.26 bits per heavy atom. The van der Waals surface area contributed by atoms with E-state index in [1.807, 2.05) is 77.5 Å². The lowest BCUT2D eigenvalue weighted by atomic mass is 10.1. The summed E-state index contributed by atoms with van der Waals surface area (Å²) in [6.45, 7) is 0.592. The number of nitrogens with zero attached hydrogens (tertiary/aromatic N) is 4. The number of oxazole rings is 1. The van der Waals surface area contributed by atoms with Crippen LogP contribution >= 0.6 is 0 Å². The third kappa shape index (κ3) is 2.89. The maximum absolute atomic E-state index is 6.04. The Morgan fingerprint density at radius 1 is 0.778 bits per heavy atom. The first-order valence-electron chi connectivity index (χ1n) is 8.77. The maximum atomic E-state index is 6.04. The van der Waals surface area contributed by atoms with Crippen LogP contribution in [0.5, 0.6) is 0 Å². The molecule has 2 heterocycles. The summed E-state index contributed by atoms with van der Waals surface area (Å²) in [6, 6.07) is 27.9. The molecule has 0 unspecified atom stereocenters. The fourth-order valence-corrected chi connectivity index (χ4v) is 3.16. The van der Waals surface area contributed by atoms with E-state index in [1.54, 1.807) is 0 Å². The molecule has 0 aliphatic carbocycles. The zero-order chi connectivity index (χ0) is 18.1. The van der Waals surface area contributed by atoms with Crippen molar-refractivity contribution in [3.63, 3.8) is 0 Å². The van der Waals surface area contributed by atoms with E-state index in [9.17, 15) is 0 Å². The van der Waals surface area contributed by atoms with Gasteiger partial charge in [0.15, 0.2) is 11.3 Å². The molecular weight excluding hydrogens is 336 g/mol. The normalized spacial score (nSPS) is 11.1. The maximum Gasteiger partial charge on any atom is 0.248 e. The molecule has 0 amide bonds. The van der Waals surface area contributed by atoms with Crippen LogP contribution in [0, 0.1) is 0 Å². The summed E-state index contributed by atoms with van der Waals surface area (Å²) in [5.74, 6) is 0.524. The standard InChI is InChI=1S/C22H16N4O/c1-3-9-16(10-4-1)15-26-21(20(24-25-26)17-11-5-2-6-12-17)22-23-18-13-7-8-14-19(18)27-22/h1-14H,15H2. The Balaban J connectivity index is 1.69. The summed E-state index contributed by atoms with van der Waals surface area (Å²) < 4.78 is 7.89. The molecule has 130 valence electrons. The zero-order valence-electron chi connectivity index (χ0n) is 14.5. The van der Waals surface area contributed by atoms with Gasteiger partial charge in [0.2, 0.25) is 5.89 Å². The molecule has 0 fully saturated rings. The van der Waals surface area contributed by atoms with Gasteiger partial charge in [-0.3, -0.25) is 0 Å². The van der Waals surface area contributed by atoms with Crippen LogP contribution in [0.2, 0.25) is 0 Å². The van der Waals surface area contributed by atoms with Gasteiger partial charge in [0, 0.05) is 5.56 Å². The highest BCUT2D eigenvalue weighted by molar-refractivity contribution is 5.80. The highest BCUT2D eigenvalue weighted by Crippen LogP contribution is 2.32. The van der Waals surface area contributed by atoms with E-state index in [4.69, 9.17) is 4.42 Å². The number of rotatable bonds is 4. The van der Waals surface area contributed by atoms with Gasteiger partial charge in [-0.25, -0.2) is 9.67 Å². The summed E-state index contributed by atoms with van der Waals surface area (Å²) in [5, 5.41) is 8.84. The molecule has 0 saturated heterocycles. The summed E-state index contributed by atoms with van der Waals surface area (Å²) >= 11 is 0. The molecule has 0 aliphatic rings. The lowest BCUT2D eigenvalue weighted by Gasteiger charge is -2.05. The molecule has 5 heteroatoms. The largest absolute Gasteiger partial charge is 0.435 e. The molecule has 0 bridgehead atoms. The second-order valence-electron chi connectivity index (χ2n) is 6.28. The predicted molar refractivity (Wildman–Crippen MR) is 104 cm³/mol. The highest BCUT2D eigenvalue weighted by atomic mass is 16.3. The topological polar surface area (TPSA) is 56.7 Å². The third-order valence-corrected chi connectivity index (χ3v) is 4.45. The van der Waals surface area contributed by atoms with E-state index in [0.717, 1.165) is 33.6 Å². The number of hydrogen-bond acceptors (Lipinski definition) is 4. The first-order valence-corrected chi connectivity index (χ1v) is 8.77. The first kappa shape index (κ1) is 15.5. The van der Waals surface area contributed by atoms with Gasteiger partial charge in [-0.1, -0.05) is 78.0 Å². The molecule has 0 aliphatic heterocycles. The summed E-state index contributed by atoms with van der Waals surface area (Å²) in [7, 11) is 0. The van der Waals surface area contributed by atoms with Gasteiger partial charge < -0.3 is 4.42 Å². The van der Waals surface area contributed by atoms with Crippen molar-refractivity contribution >= 4 is 11.1 Å². The van der Waals surface area contributed by atoms with Crippen LogP contribution in [0.15, 0.2) is 89.3 Å². The van der Waals surface area contributed by atoms with E-state index < -0.39 is 0 Å². The molecule has 2 aromatic heterocycles. The minimum absolute atomic E-state index is 0.524. The Morgan fingerprint density at radius 2 is 1.48 bits per heavy atom. The number of benzene rings is 3. The third-order valence-electron chi connectivity index (χ3n) is 4.45. The van der Waals surface area contributed by atoms with Gasteiger partial charge in [-0.2, -0.15) is 0 Å². The zero-order valence-corrected chi connectivity index (χ0v) is 14.5. The van der Waals surface area contributed by atoms with Crippen molar-refractivity contribution in [2.75, 3.05) is 0 Å². The SMILES string of the molecule is c1ccc(Cn2nnc(-c3ccccc3)c2-c2nc3ccccc3o2)cc1. The monoisotopic (exact) mass is 352 g/mol. The van der Waals surface area contributed by atoms with E-state index in [1.165, 1.54) is 0 Å². The van der Waals surface area contributed by atoms with E-state index in [-0.39, 0.29) is 0 Å². The summed E-state index contributed by atoms with van der Waals surface area (Å²) in [6.07, 6.45) is 0. The molecule has 5 nitrogen and oxygen atoms in total. The second-order valence-corrected chi connectivity index (χ2v) is 6.28. The molecule has 5 rings (SSSR count). The first-order chi connectivity index (χ1) is 13.4. The van der Waals surface area contributed by atoms with Crippen molar-refractivity contribution < 1.29 is 4.42 Å². The van der Waals surface area contributed by atoms with E-state index in [2.05, 4.69) is 27.4 Å². The van der Waals surface area contributed by atoms with Crippen LogP contribution in [0.3, 0.4) is 0 Å². The molecule has 0 radical (unpaired) electrons. The van der Waals surface area contributed by atoms with E-state index >= 15 is 0 Å². The van der Waals surface area contributed by atoms with Crippen molar-refractivity contribution in [1.29, 1.82) is 0 Å². The number of hydrogen-bond donors (Lipinski definition) is 0. The number of para-hydroxylation sites is 2. The Bertz CT molecular complexity index is 1160. The number of fused-ring (bicyclic) bond motifs is 1. The smallest absolute Gasteiger partial charge is 0.248 e. The van der Waals surface area contributed by atoms with Crippen molar-refractivity contribution in [3.05, 3.63) is 90.5 Å². The van der Waals surface area contributed by atoms with Gasteiger partial charge >= 0.3 is 0 Å². The Kier molecular flexibility index (Phi) is 3.76. The lowest BCUT2D eigenvalue weighted by molar-refractivity contribution is 0.592. The van der Waals surface area contributed by atoms with Gasteiger partial charge in [-0.05, 0) is 17.7 Å². The van der Waals surface area contributed by atoms with Crippen LogP contribution in [0.25, 0.3) is 33.9 Å². The molecule has 0 atom stereocenters. The van der Waals surface area contributed by atoms with Crippen molar-refractivity contribution in [2.24, 2.45) is 0 Å². The van der Waals surface area contributed by atoms with E-state index in [0.29, 0.717) is 12.4 Å². The van der Waals surface area contributed by atoms with Crippen molar-refractivity contribution in [1.82, 2.24) is 20.0 Å². The fraction of sp³-hybridized carbons (Fsp3) is 0.0455. The van der Waals surface area contributed by atoms with Crippen molar-refractivity contribution in [3.8, 4) is 22.8 Å². The molecular formula is C22H16N4O. The van der Waals surface area contributed by atoms with Gasteiger partial charge in [0.25, 0.3) is 0 Å². The molecule has 0 spiro atoms. The van der Waals surface area contributed by atoms with Crippen LogP contribution in [-0.2, 0) is 6.54 Å². The molecule has 0 saturated carbocycles. The quantitative estimate of drug-likeness (QED) is 0.466. The van der Waals surface area contributed by atoms with Crippen molar-refractivity contribution in [2.45, 2.75) is 6.54 Å². The summed E-state index contributed by atoms with van der Waals surface area (Å²) in [4.78, 5) is 4.68. The molecule has 3 aromatic carbocycles. The second kappa shape index (κ2) is 6.53. The average Bonchev–Trinajstić information content (AvgIpc) is 3.33. The average molecular weight is 352 g/mol. The minimum Gasteiger partial charge on any atom is -0.435 e. The molecule has 0 N–H and O–H groups in total. The van der Waals surface area contributed by atoms with Crippen LogP contribution < -0.4 is 0 Å². The van der Waals surface area contributed by atoms with Gasteiger partial charge in [-0.15, -0.1) is 5.10 Å².